The number of ketones is 1. The minimum absolute atomic E-state index is 0.0204. The van der Waals surface area contributed by atoms with Gasteiger partial charge >= 0.3 is 0 Å². The highest BCUT2D eigenvalue weighted by Crippen LogP contribution is 2.22. The van der Waals surface area contributed by atoms with E-state index in [0.29, 0.717) is 26.1 Å². The molecule has 0 atom stereocenters. The Balaban J connectivity index is 1.49. The van der Waals surface area contributed by atoms with Crippen LogP contribution in [-0.4, -0.2) is 44.4 Å². The van der Waals surface area contributed by atoms with Crippen molar-refractivity contribution >= 4 is 11.7 Å². The van der Waals surface area contributed by atoms with E-state index in [1.54, 1.807) is 11.0 Å². The first kappa shape index (κ1) is 16.4. The molecule has 6 heteroatoms. The summed E-state index contributed by atoms with van der Waals surface area (Å²) in [5.74, 6) is 0.337. The number of rotatable bonds is 5. The number of carbonyl (C=O) groups is 2. The van der Waals surface area contributed by atoms with E-state index in [1.165, 1.54) is 6.33 Å². The van der Waals surface area contributed by atoms with Crippen molar-refractivity contribution in [3.8, 4) is 0 Å². The van der Waals surface area contributed by atoms with E-state index in [0.717, 1.165) is 24.0 Å². The molecule has 1 aromatic heterocycles. The van der Waals surface area contributed by atoms with Gasteiger partial charge in [-0.25, -0.2) is 4.98 Å². The van der Waals surface area contributed by atoms with Gasteiger partial charge in [-0.1, -0.05) is 29.8 Å². The summed E-state index contributed by atoms with van der Waals surface area (Å²) in [6.07, 6.45) is 4.97. The molecule has 1 aliphatic rings. The number of nitrogens with zero attached hydrogens (tertiary/aromatic N) is 4. The lowest BCUT2D eigenvalue weighted by Gasteiger charge is -2.31. The average Bonchev–Trinajstić information content (AvgIpc) is 3.13. The lowest BCUT2D eigenvalue weighted by Crippen LogP contribution is -2.40. The van der Waals surface area contributed by atoms with E-state index in [1.807, 2.05) is 36.1 Å². The van der Waals surface area contributed by atoms with Crippen LogP contribution in [0.3, 0.4) is 0 Å². The number of amides is 1. The molecule has 0 radical (unpaired) electrons. The van der Waals surface area contributed by atoms with Crippen LogP contribution in [0.15, 0.2) is 36.9 Å². The molecule has 1 aliphatic heterocycles. The molecule has 1 amide bonds. The zero-order valence-corrected chi connectivity index (χ0v) is 13.9. The highest BCUT2D eigenvalue weighted by Gasteiger charge is 2.27. The van der Waals surface area contributed by atoms with Crippen LogP contribution in [0.1, 0.15) is 35.2 Å². The largest absolute Gasteiger partial charge is 0.343 e. The molecular weight excluding hydrogens is 304 g/mol. The summed E-state index contributed by atoms with van der Waals surface area (Å²) < 4.78 is 1.66. The van der Waals surface area contributed by atoms with Crippen LogP contribution >= 0.6 is 0 Å². The van der Waals surface area contributed by atoms with Gasteiger partial charge in [0.15, 0.2) is 5.78 Å². The lowest BCUT2D eigenvalue weighted by molar-refractivity contribution is -0.132. The SMILES string of the molecule is Cc1ccc(C(=O)C2CCN(C(=O)CCn3cncn3)CC2)cc1. The molecule has 0 unspecified atom stereocenters. The number of hydrogen-bond donors (Lipinski definition) is 0. The van der Waals surface area contributed by atoms with Crippen LogP contribution in [-0.2, 0) is 11.3 Å². The van der Waals surface area contributed by atoms with Crippen LogP contribution in [0, 0.1) is 12.8 Å². The zero-order chi connectivity index (χ0) is 16.9. The van der Waals surface area contributed by atoms with E-state index in [-0.39, 0.29) is 17.6 Å². The smallest absolute Gasteiger partial charge is 0.224 e. The molecule has 3 rings (SSSR count). The number of Topliss-reactive ketones (excluding diaryl/α,β-unsaturated/α-hetero) is 1. The van der Waals surface area contributed by atoms with Gasteiger partial charge in [-0.2, -0.15) is 5.10 Å². The Kier molecular flexibility index (Phi) is 5.03. The van der Waals surface area contributed by atoms with Gasteiger partial charge in [-0.05, 0) is 19.8 Å². The molecule has 0 saturated carbocycles. The van der Waals surface area contributed by atoms with Gasteiger partial charge in [-0.15, -0.1) is 0 Å². The Hall–Kier alpha value is -2.50. The van der Waals surface area contributed by atoms with Gasteiger partial charge in [0.1, 0.15) is 12.7 Å². The normalized spacial score (nSPS) is 15.5. The highest BCUT2D eigenvalue weighted by atomic mass is 16.2. The molecule has 1 saturated heterocycles. The van der Waals surface area contributed by atoms with Crippen molar-refractivity contribution in [3.63, 3.8) is 0 Å². The number of aromatic nitrogens is 3. The average molecular weight is 326 g/mol. The van der Waals surface area contributed by atoms with Crippen LogP contribution < -0.4 is 0 Å². The van der Waals surface area contributed by atoms with Crippen molar-refractivity contribution < 1.29 is 9.59 Å². The van der Waals surface area contributed by atoms with Crippen molar-refractivity contribution in [2.45, 2.75) is 32.7 Å². The number of piperidine rings is 1. The highest BCUT2D eigenvalue weighted by molar-refractivity contribution is 5.98. The predicted octanol–water partition coefficient (Wildman–Crippen LogP) is 2.10. The lowest BCUT2D eigenvalue weighted by atomic mass is 9.88. The number of carbonyl (C=O) groups excluding carboxylic acids is 2. The van der Waals surface area contributed by atoms with E-state index in [4.69, 9.17) is 0 Å². The van der Waals surface area contributed by atoms with Crippen molar-refractivity contribution in [1.29, 1.82) is 0 Å². The van der Waals surface area contributed by atoms with Crippen LogP contribution in [0.2, 0.25) is 0 Å². The van der Waals surface area contributed by atoms with Crippen LogP contribution in [0.4, 0.5) is 0 Å². The van der Waals surface area contributed by atoms with Crippen LogP contribution in [0.25, 0.3) is 0 Å². The van der Waals surface area contributed by atoms with Crippen molar-refractivity contribution in [2.24, 2.45) is 5.92 Å². The molecule has 1 aromatic carbocycles. The van der Waals surface area contributed by atoms with Crippen molar-refractivity contribution in [1.82, 2.24) is 19.7 Å². The minimum atomic E-state index is 0.0204. The standard InChI is InChI=1S/C18H22N4O2/c1-14-2-4-15(5-3-14)18(24)16-6-9-21(10-7-16)17(23)8-11-22-13-19-12-20-22/h2-5,12-13,16H,6-11H2,1H3. The van der Waals surface area contributed by atoms with E-state index in [2.05, 4.69) is 10.1 Å². The number of aryl methyl sites for hydroxylation is 2. The summed E-state index contributed by atoms with van der Waals surface area (Å²) in [7, 11) is 0. The van der Waals surface area contributed by atoms with Gasteiger partial charge in [-0.3, -0.25) is 14.3 Å². The Labute approximate surface area is 141 Å². The number of hydrogen-bond acceptors (Lipinski definition) is 4. The number of benzene rings is 1. The van der Waals surface area contributed by atoms with Gasteiger partial charge in [0, 0.05) is 31.0 Å². The monoisotopic (exact) mass is 326 g/mol. The molecule has 1 fully saturated rings. The first-order valence-electron chi connectivity index (χ1n) is 8.34. The fraction of sp³-hybridized carbons (Fsp3) is 0.444. The first-order chi connectivity index (χ1) is 11.6. The molecule has 0 N–H and O–H groups in total. The Morgan fingerprint density at radius 2 is 1.88 bits per heavy atom. The van der Waals surface area contributed by atoms with E-state index < -0.39 is 0 Å². The third-order valence-electron chi connectivity index (χ3n) is 4.58. The zero-order valence-electron chi connectivity index (χ0n) is 13.9. The van der Waals surface area contributed by atoms with Gasteiger partial charge in [0.05, 0.1) is 6.54 Å². The van der Waals surface area contributed by atoms with Crippen LogP contribution in [0.5, 0.6) is 0 Å². The molecular formula is C18H22N4O2. The molecule has 24 heavy (non-hydrogen) atoms. The quantitative estimate of drug-likeness (QED) is 0.789. The summed E-state index contributed by atoms with van der Waals surface area (Å²) in [5, 5.41) is 4.00. The molecule has 0 bridgehead atoms. The molecule has 6 nitrogen and oxygen atoms in total. The second-order valence-electron chi connectivity index (χ2n) is 6.29. The Morgan fingerprint density at radius 3 is 2.50 bits per heavy atom. The maximum absolute atomic E-state index is 12.5. The Bertz CT molecular complexity index is 686. The maximum atomic E-state index is 12.5. The summed E-state index contributed by atoms with van der Waals surface area (Å²) in [6, 6.07) is 7.73. The van der Waals surface area contributed by atoms with Gasteiger partial charge in [0.2, 0.25) is 5.91 Å². The summed E-state index contributed by atoms with van der Waals surface area (Å²) in [6.45, 7) is 3.86. The second kappa shape index (κ2) is 7.38. The van der Waals surface area contributed by atoms with E-state index >= 15 is 0 Å². The fourth-order valence-electron chi connectivity index (χ4n) is 3.06. The van der Waals surface area contributed by atoms with Gasteiger partial charge in [0.25, 0.3) is 0 Å². The second-order valence-corrected chi connectivity index (χ2v) is 6.29. The first-order valence-corrected chi connectivity index (χ1v) is 8.34. The molecule has 2 heterocycles. The summed E-state index contributed by atoms with van der Waals surface area (Å²) >= 11 is 0. The Morgan fingerprint density at radius 1 is 1.17 bits per heavy atom. The molecule has 0 aliphatic carbocycles. The molecule has 0 spiro atoms. The third-order valence-corrected chi connectivity index (χ3v) is 4.58. The van der Waals surface area contributed by atoms with Crippen molar-refractivity contribution in [3.05, 3.63) is 48.0 Å². The fourth-order valence-corrected chi connectivity index (χ4v) is 3.06. The predicted molar refractivity (Wildman–Crippen MR) is 89.5 cm³/mol. The minimum Gasteiger partial charge on any atom is -0.343 e. The number of likely N-dealkylation sites (tertiary alicyclic amines) is 1. The molecule has 2 aromatic rings. The van der Waals surface area contributed by atoms with Crippen molar-refractivity contribution in [2.75, 3.05) is 13.1 Å². The van der Waals surface area contributed by atoms with E-state index in [9.17, 15) is 9.59 Å². The molecule has 126 valence electrons. The topological polar surface area (TPSA) is 68.1 Å². The van der Waals surface area contributed by atoms with Gasteiger partial charge < -0.3 is 4.90 Å². The summed E-state index contributed by atoms with van der Waals surface area (Å²) in [5.41, 5.74) is 1.93. The maximum Gasteiger partial charge on any atom is 0.224 e. The summed E-state index contributed by atoms with van der Waals surface area (Å²) in [4.78, 5) is 30.5. The third kappa shape index (κ3) is 3.88.